The summed E-state index contributed by atoms with van der Waals surface area (Å²) >= 11 is 0. The highest BCUT2D eigenvalue weighted by molar-refractivity contribution is 7.89. The van der Waals surface area contributed by atoms with Gasteiger partial charge in [-0.3, -0.25) is 9.48 Å². The van der Waals surface area contributed by atoms with Gasteiger partial charge >= 0.3 is 0 Å². The summed E-state index contributed by atoms with van der Waals surface area (Å²) in [5, 5.41) is 7.99. The van der Waals surface area contributed by atoms with Gasteiger partial charge in [-0.2, -0.15) is 9.40 Å². The van der Waals surface area contributed by atoms with Gasteiger partial charge in [0.15, 0.2) is 5.65 Å². The first-order valence-electron chi connectivity index (χ1n) is 10.2. The average Bonchev–Trinajstić information content (AvgIpc) is 3.00. The molecule has 0 aliphatic carbocycles. The molecule has 1 amide bonds. The van der Waals surface area contributed by atoms with Crippen LogP contribution in [-0.4, -0.2) is 46.5 Å². The van der Waals surface area contributed by atoms with Crippen LogP contribution in [0.5, 0.6) is 0 Å². The minimum Gasteiger partial charge on any atom is -0.322 e. The molecule has 0 aliphatic heterocycles. The molecule has 0 unspecified atom stereocenters. The number of aryl methyl sites for hydroxylation is 2. The highest BCUT2D eigenvalue weighted by Gasteiger charge is 2.23. The van der Waals surface area contributed by atoms with E-state index in [1.54, 1.807) is 29.9 Å². The predicted octanol–water partition coefficient (Wildman–Crippen LogP) is 3.68. The summed E-state index contributed by atoms with van der Waals surface area (Å²) in [6, 6.07) is 7.83. The molecule has 0 spiro atoms. The molecule has 8 nitrogen and oxygen atoms in total. The number of fused-ring (bicyclic) bond motifs is 1. The van der Waals surface area contributed by atoms with E-state index in [0.29, 0.717) is 22.3 Å². The predicted molar refractivity (Wildman–Crippen MR) is 122 cm³/mol. The summed E-state index contributed by atoms with van der Waals surface area (Å²) in [5.41, 5.74) is 3.19. The summed E-state index contributed by atoms with van der Waals surface area (Å²) in [6.45, 7) is 9.51. The smallest absolute Gasteiger partial charge is 0.256 e. The molecule has 2 heterocycles. The van der Waals surface area contributed by atoms with Crippen LogP contribution in [0.15, 0.2) is 35.2 Å². The lowest BCUT2D eigenvalue weighted by Crippen LogP contribution is -2.33. The minimum absolute atomic E-state index is 0.147. The molecule has 1 aromatic carbocycles. The van der Waals surface area contributed by atoms with Gasteiger partial charge in [0.25, 0.3) is 5.91 Å². The Hall–Kier alpha value is -2.78. The minimum atomic E-state index is -3.58. The Balaban J connectivity index is 1.95. The van der Waals surface area contributed by atoms with E-state index in [1.807, 2.05) is 41.7 Å². The molecule has 31 heavy (non-hydrogen) atoms. The monoisotopic (exact) mass is 443 g/mol. The third kappa shape index (κ3) is 4.33. The molecule has 0 atom stereocenters. The van der Waals surface area contributed by atoms with Gasteiger partial charge in [0.05, 0.1) is 21.5 Å². The molecule has 0 saturated heterocycles. The normalized spacial score (nSPS) is 12.3. The number of rotatable bonds is 6. The molecule has 1 N–H and O–H groups in total. The van der Waals surface area contributed by atoms with Crippen LogP contribution in [0.3, 0.4) is 0 Å². The summed E-state index contributed by atoms with van der Waals surface area (Å²) in [6.07, 6.45) is 0. The summed E-state index contributed by atoms with van der Waals surface area (Å²) in [5.74, 6) is -0.145. The molecule has 3 aromatic rings. The van der Waals surface area contributed by atoms with Gasteiger partial charge in [-0.1, -0.05) is 13.8 Å². The van der Waals surface area contributed by atoms with Crippen molar-refractivity contribution in [2.75, 3.05) is 12.4 Å². The van der Waals surface area contributed by atoms with Crippen molar-refractivity contribution in [1.82, 2.24) is 19.1 Å². The van der Waals surface area contributed by atoms with Gasteiger partial charge in [0, 0.05) is 31.5 Å². The van der Waals surface area contributed by atoms with Gasteiger partial charge < -0.3 is 5.32 Å². The van der Waals surface area contributed by atoms with E-state index < -0.39 is 10.0 Å². The fourth-order valence-electron chi connectivity index (χ4n) is 3.29. The molecule has 0 saturated carbocycles. The quantitative estimate of drug-likeness (QED) is 0.627. The Kier molecular flexibility index (Phi) is 6.20. The number of hydrogen-bond acceptors (Lipinski definition) is 5. The van der Waals surface area contributed by atoms with Crippen LogP contribution >= 0.6 is 0 Å². The molecule has 166 valence electrons. The van der Waals surface area contributed by atoms with Crippen molar-refractivity contribution in [2.45, 2.75) is 51.5 Å². The number of pyridine rings is 1. The summed E-state index contributed by atoms with van der Waals surface area (Å²) < 4.78 is 28.3. The first-order chi connectivity index (χ1) is 14.4. The van der Waals surface area contributed by atoms with Crippen LogP contribution in [0.2, 0.25) is 0 Å². The standard InChI is InChI=1S/C22H29N5O3S/c1-13(2)19-12-18(20-15(5)25-26(6)21(20)24-19)22(28)23-16-8-10-17(11-9-16)31(29,30)27(7)14(3)4/h8-14H,1-7H3,(H,23,28). The lowest BCUT2D eigenvalue weighted by Gasteiger charge is -2.21. The molecular formula is C22H29N5O3S. The number of carbonyl (C=O) groups is 1. The second kappa shape index (κ2) is 8.39. The third-order valence-electron chi connectivity index (χ3n) is 5.34. The number of amides is 1. The van der Waals surface area contributed by atoms with E-state index in [9.17, 15) is 13.2 Å². The number of hydrogen-bond donors (Lipinski definition) is 1. The molecule has 3 rings (SSSR count). The van der Waals surface area contributed by atoms with E-state index in [2.05, 4.69) is 15.4 Å². The van der Waals surface area contributed by atoms with Crippen LogP contribution in [0, 0.1) is 6.92 Å². The number of aromatic nitrogens is 3. The van der Waals surface area contributed by atoms with Crippen molar-refractivity contribution in [2.24, 2.45) is 7.05 Å². The number of carbonyl (C=O) groups excluding carboxylic acids is 1. The van der Waals surface area contributed by atoms with E-state index in [-0.39, 0.29) is 22.8 Å². The molecule has 0 fully saturated rings. The molecule has 0 aliphatic rings. The maximum Gasteiger partial charge on any atom is 0.256 e. The van der Waals surface area contributed by atoms with E-state index in [4.69, 9.17) is 0 Å². The molecular weight excluding hydrogens is 414 g/mol. The zero-order valence-electron chi connectivity index (χ0n) is 19.0. The Labute approximate surface area is 183 Å². The number of nitrogens with zero attached hydrogens (tertiary/aromatic N) is 4. The van der Waals surface area contributed by atoms with Crippen molar-refractivity contribution in [3.05, 3.63) is 47.3 Å². The summed E-state index contributed by atoms with van der Waals surface area (Å²) in [4.78, 5) is 18.0. The Morgan fingerprint density at radius 1 is 1.13 bits per heavy atom. The average molecular weight is 444 g/mol. The number of benzene rings is 1. The highest BCUT2D eigenvalue weighted by Crippen LogP contribution is 2.26. The maximum atomic E-state index is 13.1. The third-order valence-corrected chi connectivity index (χ3v) is 7.39. The lowest BCUT2D eigenvalue weighted by atomic mass is 10.0. The first kappa shape index (κ1) is 22.9. The molecule has 0 radical (unpaired) electrons. The van der Waals surface area contributed by atoms with Crippen LogP contribution in [0.1, 0.15) is 55.4 Å². The Bertz CT molecular complexity index is 1230. The second-order valence-corrected chi connectivity index (χ2v) is 10.2. The van der Waals surface area contributed by atoms with Gasteiger partial charge in [-0.25, -0.2) is 13.4 Å². The highest BCUT2D eigenvalue weighted by atomic mass is 32.2. The number of nitrogens with one attached hydrogen (secondary N) is 1. The lowest BCUT2D eigenvalue weighted by molar-refractivity contribution is 0.102. The zero-order chi connectivity index (χ0) is 23.1. The van der Waals surface area contributed by atoms with Crippen molar-refractivity contribution < 1.29 is 13.2 Å². The Morgan fingerprint density at radius 3 is 2.29 bits per heavy atom. The fourth-order valence-corrected chi connectivity index (χ4v) is 4.66. The van der Waals surface area contributed by atoms with Crippen molar-refractivity contribution in [3.8, 4) is 0 Å². The fraction of sp³-hybridized carbons (Fsp3) is 0.409. The number of anilines is 1. The first-order valence-corrected chi connectivity index (χ1v) is 11.6. The van der Waals surface area contributed by atoms with E-state index in [1.165, 1.54) is 16.4 Å². The largest absolute Gasteiger partial charge is 0.322 e. The van der Waals surface area contributed by atoms with Gasteiger partial charge in [0.2, 0.25) is 10.0 Å². The zero-order valence-corrected chi connectivity index (χ0v) is 19.8. The van der Waals surface area contributed by atoms with Gasteiger partial charge in [-0.15, -0.1) is 0 Å². The van der Waals surface area contributed by atoms with Crippen LogP contribution < -0.4 is 5.32 Å². The maximum absolute atomic E-state index is 13.1. The van der Waals surface area contributed by atoms with Gasteiger partial charge in [0.1, 0.15) is 0 Å². The summed E-state index contributed by atoms with van der Waals surface area (Å²) in [7, 11) is -0.226. The van der Waals surface area contributed by atoms with Crippen LogP contribution in [-0.2, 0) is 17.1 Å². The van der Waals surface area contributed by atoms with E-state index >= 15 is 0 Å². The van der Waals surface area contributed by atoms with Crippen LogP contribution in [0.25, 0.3) is 11.0 Å². The number of sulfonamides is 1. The van der Waals surface area contributed by atoms with Crippen molar-refractivity contribution >= 4 is 32.7 Å². The van der Waals surface area contributed by atoms with Gasteiger partial charge in [-0.05, 0) is 57.0 Å². The topological polar surface area (TPSA) is 97.2 Å². The molecule has 0 bridgehead atoms. The van der Waals surface area contributed by atoms with Crippen molar-refractivity contribution in [1.29, 1.82) is 0 Å². The SMILES string of the molecule is Cc1nn(C)c2nc(C(C)C)cc(C(=O)Nc3ccc(S(=O)(=O)N(C)C(C)C)cc3)c12. The second-order valence-electron chi connectivity index (χ2n) is 8.25. The van der Waals surface area contributed by atoms with Crippen molar-refractivity contribution in [3.63, 3.8) is 0 Å². The van der Waals surface area contributed by atoms with E-state index in [0.717, 1.165) is 11.4 Å². The molecule has 9 heteroatoms. The van der Waals surface area contributed by atoms with Crippen LogP contribution in [0.4, 0.5) is 5.69 Å². The Morgan fingerprint density at radius 2 is 1.74 bits per heavy atom. The molecule has 2 aromatic heterocycles.